The minimum Gasteiger partial charge on any atom is -0.370 e. The molecule has 2 fully saturated rings. The highest BCUT2D eigenvalue weighted by atomic mass is 15.2. The summed E-state index contributed by atoms with van der Waals surface area (Å²) in [6.45, 7) is 5.57. The summed E-state index contributed by atoms with van der Waals surface area (Å²) < 4.78 is 0. The second-order valence-corrected chi connectivity index (χ2v) is 5.70. The SMILES string of the molecule is CCCNc1ncccc1CN1CC2CCC1C2. The number of nitrogens with zero attached hydrogens (tertiary/aromatic N) is 2. The summed E-state index contributed by atoms with van der Waals surface area (Å²) in [6.07, 6.45) is 7.32. The van der Waals surface area contributed by atoms with Crippen molar-refractivity contribution < 1.29 is 0 Å². The first-order valence-electron chi connectivity index (χ1n) is 7.28. The summed E-state index contributed by atoms with van der Waals surface area (Å²) in [4.78, 5) is 7.14. The molecule has 1 N–H and O–H groups in total. The molecular weight excluding hydrogens is 222 g/mol. The maximum Gasteiger partial charge on any atom is 0.130 e. The molecule has 2 aliphatic rings. The highest BCUT2D eigenvalue weighted by Gasteiger charge is 2.37. The van der Waals surface area contributed by atoms with E-state index in [9.17, 15) is 0 Å². The summed E-state index contributed by atoms with van der Waals surface area (Å²) in [5.74, 6) is 2.06. The van der Waals surface area contributed by atoms with Crippen LogP contribution in [0, 0.1) is 5.92 Å². The van der Waals surface area contributed by atoms with Gasteiger partial charge in [0.25, 0.3) is 0 Å². The van der Waals surface area contributed by atoms with Gasteiger partial charge in [0.2, 0.25) is 0 Å². The Bertz CT molecular complexity index is 404. The van der Waals surface area contributed by atoms with Crippen molar-refractivity contribution in [3.05, 3.63) is 23.9 Å². The Labute approximate surface area is 110 Å². The molecule has 0 amide bonds. The number of aromatic nitrogens is 1. The summed E-state index contributed by atoms with van der Waals surface area (Å²) >= 11 is 0. The topological polar surface area (TPSA) is 28.2 Å². The summed E-state index contributed by atoms with van der Waals surface area (Å²) in [5.41, 5.74) is 1.36. The van der Waals surface area contributed by atoms with Crippen LogP contribution in [0.4, 0.5) is 5.82 Å². The van der Waals surface area contributed by atoms with Crippen molar-refractivity contribution in [2.45, 2.75) is 45.2 Å². The fraction of sp³-hybridized carbons (Fsp3) is 0.667. The molecule has 1 aromatic rings. The Morgan fingerprint density at radius 2 is 2.39 bits per heavy atom. The largest absolute Gasteiger partial charge is 0.370 e. The highest BCUT2D eigenvalue weighted by molar-refractivity contribution is 5.43. The molecule has 1 saturated heterocycles. The van der Waals surface area contributed by atoms with Crippen LogP contribution in [0.2, 0.25) is 0 Å². The van der Waals surface area contributed by atoms with Gasteiger partial charge in [0.1, 0.15) is 5.82 Å². The van der Waals surface area contributed by atoms with Gasteiger partial charge in [-0.3, -0.25) is 4.90 Å². The first-order valence-corrected chi connectivity index (χ1v) is 7.28. The molecule has 2 unspecified atom stereocenters. The van der Waals surface area contributed by atoms with Gasteiger partial charge in [-0.05, 0) is 37.7 Å². The normalized spacial score (nSPS) is 26.7. The lowest BCUT2D eigenvalue weighted by molar-refractivity contribution is 0.205. The van der Waals surface area contributed by atoms with Crippen LogP contribution in [0.5, 0.6) is 0 Å². The third-order valence-corrected chi connectivity index (χ3v) is 4.33. The van der Waals surface area contributed by atoms with Crippen LogP contribution in [0.1, 0.15) is 38.2 Å². The first-order chi connectivity index (χ1) is 8.86. The van der Waals surface area contributed by atoms with E-state index in [0.29, 0.717) is 0 Å². The minimum absolute atomic E-state index is 0.842. The molecule has 3 heteroatoms. The predicted octanol–water partition coefficient (Wildman–Crippen LogP) is 2.89. The van der Waals surface area contributed by atoms with Gasteiger partial charge >= 0.3 is 0 Å². The molecule has 3 nitrogen and oxygen atoms in total. The fourth-order valence-corrected chi connectivity index (χ4v) is 3.41. The molecule has 1 aliphatic carbocycles. The second kappa shape index (κ2) is 5.27. The molecular formula is C15H23N3. The van der Waals surface area contributed by atoms with E-state index in [1.165, 1.54) is 31.4 Å². The van der Waals surface area contributed by atoms with Crippen molar-refractivity contribution in [2.24, 2.45) is 5.92 Å². The van der Waals surface area contributed by atoms with Crippen molar-refractivity contribution >= 4 is 5.82 Å². The second-order valence-electron chi connectivity index (χ2n) is 5.70. The van der Waals surface area contributed by atoms with Crippen molar-refractivity contribution in [3.63, 3.8) is 0 Å². The minimum atomic E-state index is 0.842. The van der Waals surface area contributed by atoms with E-state index in [4.69, 9.17) is 0 Å². The van der Waals surface area contributed by atoms with E-state index >= 15 is 0 Å². The maximum atomic E-state index is 4.48. The van der Waals surface area contributed by atoms with Gasteiger partial charge in [-0.15, -0.1) is 0 Å². The van der Waals surface area contributed by atoms with Crippen LogP contribution in [0.15, 0.2) is 18.3 Å². The van der Waals surface area contributed by atoms with Crippen molar-refractivity contribution in [1.29, 1.82) is 0 Å². The van der Waals surface area contributed by atoms with Crippen molar-refractivity contribution in [1.82, 2.24) is 9.88 Å². The van der Waals surface area contributed by atoms with Crippen LogP contribution < -0.4 is 5.32 Å². The predicted molar refractivity (Wildman–Crippen MR) is 74.6 cm³/mol. The third-order valence-electron chi connectivity index (χ3n) is 4.33. The summed E-state index contributed by atoms with van der Waals surface area (Å²) in [7, 11) is 0. The maximum absolute atomic E-state index is 4.48. The first kappa shape index (κ1) is 12.0. The molecule has 1 saturated carbocycles. The van der Waals surface area contributed by atoms with Gasteiger partial charge in [0, 0.05) is 37.4 Å². The van der Waals surface area contributed by atoms with E-state index < -0.39 is 0 Å². The van der Waals surface area contributed by atoms with E-state index in [-0.39, 0.29) is 0 Å². The Hall–Kier alpha value is -1.09. The van der Waals surface area contributed by atoms with E-state index in [1.807, 2.05) is 6.20 Å². The van der Waals surface area contributed by atoms with E-state index in [0.717, 1.165) is 37.3 Å². The molecule has 0 aromatic carbocycles. The molecule has 2 atom stereocenters. The number of likely N-dealkylation sites (tertiary alicyclic amines) is 1. The molecule has 2 bridgehead atoms. The number of nitrogens with one attached hydrogen (secondary N) is 1. The zero-order chi connectivity index (χ0) is 12.4. The number of pyridine rings is 1. The number of piperidine rings is 1. The van der Waals surface area contributed by atoms with Crippen molar-refractivity contribution in [3.8, 4) is 0 Å². The number of anilines is 1. The van der Waals surface area contributed by atoms with Crippen LogP contribution in [-0.2, 0) is 6.54 Å². The lowest BCUT2D eigenvalue weighted by atomic mass is 10.1. The lowest BCUT2D eigenvalue weighted by Gasteiger charge is -2.27. The van der Waals surface area contributed by atoms with Gasteiger partial charge in [-0.2, -0.15) is 0 Å². The van der Waals surface area contributed by atoms with Gasteiger partial charge < -0.3 is 5.32 Å². The number of hydrogen-bond donors (Lipinski definition) is 1. The molecule has 2 heterocycles. The lowest BCUT2D eigenvalue weighted by Crippen LogP contribution is -2.31. The van der Waals surface area contributed by atoms with Crippen molar-refractivity contribution in [2.75, 3.05) is 18.4 Å². The van der Waals surface area contributed by atoms with Gasteiger partial charge in [-0.25, -0.2) is 4.98 Å². The quantitative estimate of drug-likeness (QED) is 0.864. The van der Waals surface area contributed by atoms with E-state index in [1.54, 1.807) is 0 Å². The van der Waals surface area contributed by atoms with Gasteiger partial charge in [-0.1, -0.05) is 13.0 Å². The monoisotopic (exact) mass is 245 g/mol. The van der Waals surface area contributed by atoms with Gasteiger partial charge in [0.15, 0.2) is 0 Å². The Morgan fingerprint density at radius 3 is 3.11 bits per heavy atom. The molecule has 0 spiro atoms. The summed E-state index contributed by atoms with van der Waals surface area (Å²) in [5, 5.41) is 3.44. The average molecular weight is 245 g/mol. The molecule has 1 aromatic heterocycles. The molecule has 0 radical (unpaired) electrons. The molecule has 18 heavy (non-hydrogen) atoms. The van der Waals surface area contributed by atoms with Gasteiger partial charge in [0.05, 0.1) is 0 Å². The van der Waals surface area contributed by atoms with Crippen LogP contribution in [0.25, 0.3) is 0 Å². The van der Waals surface area contributed by atoms with Crippen LogP contribution in [-0.4, -0.2) is 29.0 Å². The highest BCUT2D eigenvalue weighted by Crippen LogP contribution is 2.38. The number of hydrogen-bond acceptors (Lipinski definition) is 3. The fourth-order valence-electron chi connectivity index (χ4n) is 3.41. The average Bonchev–Trinajstić information content (AvgIpc) is 3.00. The number of rotatable bonds is 5. The zero-order valence-corrected chi connectivity index (χ0v) is 11.2. The van der Waals surface area contributed by atoms with Crippen LogP contribution in [0.3, 0.4) is 0 Å². The summed E-state index contributed by atoms with van der Waals surface area (Å²) in [6, 6.07) is 5.12. The Morgan fingerprint density at radius 1 is 1.44 bits per heavy atom. The Balaban J connectivity index is 1.68. The van der Waals surface area contributed by atoms with E-state index in [2.05, 4.69) is 34.3 Å². The molecule has 98 valence electrons. The number of fused-ring (bicyclic) bond motifs is 2. The molecule has 1 aliphatic heterocycles. The van der Waals surface area contributed by atoms with Crippen LogP contribution >= 0.6 is 0 Å². The zero-order valence-electron chi connectivity index (χ0n) is 11.2. The standard InChI is InChI=1S/C15H23N3/c1-2-7-16-15-13(4-3-8-17-15)11-18-10-12-5-6-14(18)9-12/h3-4,8,12,14H,2,5-7,9-11H2,1H3,(H,16,17). The third kappa shape index (κ3) is 2.37. The molecule has 3 rings (SSSR count). The Kier molecular flexibility index (Phi) is 3.50. The smallest absolute Gasteiger partial charge is 0.130 e.